The fourth-order valence-electron chi connectivity index (χ4n) is 1.56. The number of hydrogen-bond acceptors (Lipinski definition) is 5. The van der Waals surface area contributed by atoms with Gasteiger partial charge in [-0.3, -0.25) is 4.55 Å². The Kier molecular flexibility index (Phi) is 3.42. The van der Waals surface area contributed by atoms with Crippen LogP contribution in [0.5, 0.6) is 0 Å². The van der Waals surface area contributed by atoms with E-state index in [9.17, 15) is 23.7 Å². The van der Waals surface area contributed by atoms with Crippen molar-refractivity contribution >= 4 is 10.1 Å². The highest BCUT2D eigenvalue weighted by Crippen LogP contribution is 2.38. The van der Waals surface area contributed by atoms with Crippen LogP contribution in [0.2, 0.25) is 0 Å². The third kappa shape index (κ3) is 2.11. The number of aliphatic hydroxyl groups is 3. The second-order valence-electron chi connectivity index (χ2n) is 3.42. The van der Waals surface area contributed by atoms with Crippen molar-refractivity contribution < 1.29 is 28.3 Å². The molecule has 0 aliphatic carbocycles. The molecule has 7 heteroatoms. The summed E-state index contributed by atoms with van der Waals surface area (Å²) in [5.41, 5.74) is -0.231. The molecular formula is C10H12O6S. The van der Waals surface area contributed by atoms with Crippen LogP contribution in [-0.2, 0) is 14.9 Å². The van der Waals surface area contributed by atoms with Crippen molar-refractivity contribution in [2.75, 3.05) is 0 Å². The van der Waals surface area contributed by atoms with Crippen molar-refractivity contribution in [1.82, 2.24) is 0 Å². The van der Waals surface area contributed by atoms with E-state index in [-0.39, 0.29) is 5.56 Å². The summed E-state index contributed by atoms with van der Waals surface area (Å²) in [6.45, 7) is 3.12. The minimum Gasteiger partial charge on any atom is -0.342 e. The van der Waals surface area contributed by atoms with E-state index in [0.29, 0.717) is 6.08 Å². The van der Waals surface area contributed by atoms with Crippen LogP contribution in [0, 0.1) is 0 Å². The number of benzene rings is 1. The van der Waals surface area contributed by atoms with Crippen LogP contribution in [0.3, 0.4) is 0 Å². The zero-order valence-electron chi connectivity index (χ0n) is 8.68. The summed E-state index contributed by atoms with van der Waals surface area (Å²) in [5, 5.41) is 27.7. The molecule has 1 atom stereocenters. The van der Waals surface area contributed by atoms with Crippen molar-refractivity contribution in [2.45, 2.75) is 10.7 Å². The van der Waals surface area contributed by atoms with E-state index in [1.807, 2.05) is 0 Å². The SMILES string of the molecule is C=CC(c1ccccc1)(C(O)(O)O)S(=O)(=O)O. The van der Waals surface area contributed by atoms with Gasteiger partial charge in [0.25, 0.3) is 10.1 Å². The summed E-state index contributed by atoms with van der Waals surface area (Å²) < 4.78 is 29.0. The van der Waals surface area contributed by atoms with E-state index in [1.165, 1.54) is 24.3 Å². The van der Waals surface area contributed by atoms with E-state index in [0.717, 1.165) is 0 Å². The monoisotopic (exact) mass is 260 g/mol. The van der Waals surface area contributed by atoms with Gasteiger partial charge in [-0.25, -0.2) is 0 Å². The summed E-state index contributed by atoms with van der Waals surface area (Å²) in [6, 6.07) is 6.77. The Morgan fingerprint density at radius 3 is 1.88 bits per heavy atom. The smallest absolute Gasteiger partial charge is 0.306 e. The molecule has 1 unspecified atom stereocenters. The van der Waals surface area contributed by atoms with Crippen molar-refractivity contribution in [1.29, 1.82) is 0 Å². The number of hydrogen-bond donors (Lipinski definition) is 4. The highest BCUT2D eigenvalue weighted by molar-refractivity contribution is 7.87. The lowest BCUT2D eigenvalue weighted by atomic mass is 9.95. The van der Waals surface area contributed by atoms with Gasteiger partial charge in [0.05, 0.1) is 0 Å². The Balaban J connectivity index is 3.68. The van der Waals surface area contributed by atoms with Crippen molar-refractivity contribution in [2.24, 2.45) is 0 Å². The molecule has 1 aromatic carbocycles. The normalized spacial score (nSPS) is 16.2. The third-order valence-corrected chi connectivity index (χ3v) is 3.89. The quantitative estimate of drug-likeness (QED) is 0.332. The molecule has 6 nitrogen and oxygen atoms in total. The van der Waals surface area contributed by atoms with E-state index < -0.39 is 20.8 Å². The topological polar surface area (TPSA) is 115 Å². The Bertz CT molecular complexity index is 501. The molecule has 0 spiro atoms. The predicted molar refractivity (Wildman–Crippen MR) is 59.3 cm³/mol. The Hall–Kier alpha value is -1.25. The maximum atomic E-state index is 11.3. The van der Waals surface area contributed by atoms with Crippen LogP contribution in [0.4, 0.5) is 0 Å². The van der Waals surface area contributed by atoms with Gasteiger partial charge < -0.3 is 15.3 Å². The second kappa shape index (κ2) is 4.21. The Morgan fingerprint density at radius 2 is 1.59 bits per heavy atom. The lowest BCUT2D eigenvalue weighted by Gasteiger charge is -2.34. The first-order chi connectivity index (χ1) is 7.67. The molecule has 94 valence electrons. The van der Waals surface area contributed by atoms with Crippen LogP contribution in [0.25, 0.3) is 0 Å². The lowest BCUT2D eigenvalue weighted by molar-refractivity contribution is -0.328. The van der Waals surface area contributed by atoms with E-state index in [4.69, 9.17) is 4.55 Å². The highest BCUT2D eigenvalue weighted by Gasteiger charge is 2.58. The van der Waals surface area contributed by atoms with Crippen LogP contribution < -0.4 is 0 Å². The van der Waals surface area contributed by atoms with Crippen molar-refractivity contribution in [3.8, 4) is 0 Å². The van der Waals surface area contributed by atoms with Gasteiger partial charge in [0.2, 0.25) is 4.75 Å². The zero-order valence-corrected chi connectivity index (χ0v) is 9.50. The molecule has 0 aliphatic heterocycles. The van der Waals surface area contributed by atoms with Gasteiger partial charge in [-0.2, -0.15) is 8.42 Å². The number of rotatable bonds is 4. The summed E-state index contributed by atoms with van der Waals surface area (Å²) in [4.78, 5) is 0. The average Bonchev–Trinajstić information content (AvgIpc) is 2.16. The maximum absolute atomic E-state index is 11.3. The molecule has 0 aromatic heterocycles. The zero-order chi connectivity index (χ0) is 13.3. The average molecular weight is 260 g/mol. The molecule has 0 radical (unpaired) electrons. The van der Waals surface area contributed by atoms with Crippen LogP contribution in [0.1, 0.15) is 5.56 Å². The highest BCUT2D eigenvalue weighted by atomic mass is 32.2. The first-order valence-corrected chi connectivity index (χ1v) is 5.94. The van der Waals surface area contributed by atoms with E-state index in [1.54, 1.807) is 6.07 Å². The fraction of sp³-hybridized carbons (Fsp3) is 0.200. The van der Waals surface area contributed by atoms with Crippen molar-refractivity contribution in [3.05, 3.63) is 48.6 Å². The van der Waals surface area contributed by atoms with Gasteiger partial charge in [0.15, 0.2) is 0 Å². The summed E-state index contributed by atoms with van der Waals surface area (Å²) >= 11 is 0. The molecule has 0 bridgehead atoms. The van der Waals surface area contributed by atoms with Gasteiger partial charge in [0.1, 0.15) is 0 Å². The molecule has 4 N–H and O–H groups in total. The first-order valence-electron chi connectivity index (χ1n) is 4.50. The van der Waals surface area contributed by atoms with Crippen molar-refractivity contribution in [3.63, 3.8) is 0 Å². The predicted octanol–water partition coefficient (Wildman–Crippen LogP) is -0.414. The van der Waals surface area contributed by atoms with E-state index in [2.05, 4.69) is 6.58 Å². The summed E-state index contributed by atoms with van der Waals surface area (Å²) in [5.74, 6) is -3.70. The lowest BCUT2D eigenvalue weighted by Crippen LogP contribution is -2.55. The molecular weight excluding hydrogens is 248 g/mol. The fourth-order valence-corrected chi connectivity index (χ4v) is 2.55. The van der Waals surface area contributed by atoms with Gasteiger partial charge in [-0.15, -0.1) is 6.58 Å². The molecule has 0 heterocycles. The van der Waals surface area contributed by atoms with Gasteiger partial charge in [-0.1, -0.05) is 36.4 Å². The summed E-state index contributed by atoms with van der Waals surface area (Å²) in [6.07, 6.45) is 0.553. The molecule has 0 amide bonds. The van der Waals surface area contributed by atoms with Gasteiger partial charge in [-0.05, 0) is 5.56 Å². The van der Waals surface area contributed by atoms with E-state index >= 15 is 0 Å². The Labute approximate surface area is 98.2 Å². The molecule has 0 saturated carbocycles. The molecule has 17 heavy (non-hydrogen) atoms. The van der Waals surface area contributed by atoms with Crippen LogP contribution in [0.15, 0.2) is 43.0 Å². The van der Waals surface area contributed by atoms with Crippen LogP contribution in [-0.4, -0.2) is 34.3 Å². The van der Waals surface area contributed by atoms with Crippen LogP contribution >= 0.6 is 0 Å². The van der Waals surface area contributed by atoms with Gasteiger partial charge in [0, 0.05) is 0 Å². The van der Waals surface area contributed by atoms with Gasteiger partial charge >= 0.3 is 5.97 Å². The second-order valence-corrected chi connectivity index (χ2v) is 5.01. The largest absolute Gasteiger partial charge is 0.342 e. The standard InChI is InChI=1S/C10H12O6S/c1-2-9(10(11,12)13,17(14,15)16)8-6-4-3-5-7-8/h2-7,11-13H,1H2,(H,14,15,16). The molecule has 0 fully saturated rings. The molecule has 0 saturated heterocycles. The molecule has 1 aromatic rings. The molecule has 0 aliphatic rings. The summed E-state index contributed by atoms with van der Waals surface area (Å²) in [7, 11) is -5.06. The molecule has 1 rings (SSSR count). The minimum absolute atomic E-state index is 0.231. The maximum Gasteiger partial charge on any atom is 0.306 e. The third-order valence-electron chi connectivity index (χ3n) is 2.40. The Morgan fingerprint density at radius 1 is 1.12 bits per heavy atom. The first kappa shape index (κ1) is 13.8. The minimum atomic E-state index is -5.06.